The Morgan fingerprint density at radius 2 is 1.65 bits per heavy atom. The van der Waals surface area contributed by atoms with Crippen LogP contribution in [0.3, 0.4) is 0 Å². The monoisotopic (exact) mass is 228 g/mol. The molecule has 1 aliphatic heterocycles. The Hall–Kier alpha value is -1.31. The summed E-state index contributed by atoms with van der Waals surface area (Å²) in [6.07, 6.45) is 6.10. The first-order valence-corrected chi connectivity index (χ1v) is 6.72. The van der Waals surface area contributed by atoms with Gasteiger partial charge in [-0.1, -0.05) is 36.8 Å². The van der Waals surface area contributed by atoms with Crippen LogP contribution in [0.1, 0.15) is 37.7 Å². The van der Waals surface area contributed by atoms with E-state index in [0.29, 0.717) is 0 Å². The van der Waals surface area contributed by atoms with E-state index in [1.165, 1.54) is 24.8 Å². The summed E-state index contributed by atoms with van der Waals surface area (Å²) in [5.74, 6) is 0.882. The van der Waals surface area contributed by atoms with Crippen molar-refractivity contribution < 1.29 is 0 Å². The van der Waals surface area contributed by atoms with Gasteiger partial charge in [-0.2, -0.15) is 0 Å². The Labute approximate surface area is 103 Å². The molecule has 0 aromatic heterocycles. The van der Waals surface area contributed by atoms with E-state index >= 15 is 0 Å². The van der Waals surface area contributed by atoms with E-state index in [2.05, 4.69) is 35.2 Å². The van der Waals surface area contributed by atoms with Crippen molar-refractivity contribution in [3.8, 4) is 0 Å². The summed E-state index contributed by atoms with van der Waals surface area (Å²) in [4.78, 5) is 2.30. The van der Waals surface area contributed by atoms with Crippen molar-refractivity contribution in [2.45, 2.75) is 37.5 Å². The Morgan fingerprint density at radius 1 is 1.00 bits per heavy atom. The molecule has 90 valence electrons. The second kappa shape index (κ2) is 4.17. The van der Waals surface area contributed by atoms with Gasteiger partial charge in [-0.05, 0) is 31.2 Å². The normalized spacial score (nSPS) is 22.2. The van der Waals surface area contributed by atoms with E-state index in [1.54, 1.807) is 0 Å². The SMILES string of the molecule is N=C(N1CCCC1)C1(c2ccccc2)CCC1. The first kappa shape index (κ1) is 10.8. The highest BCUT2D eigenvalue weighted by Crippen LogP contribution is 2.45. The maximum Gasteiger partial charge on any atom is 0.107 e. The molecular weight excluding hydrogens is 208 g/mol. The number of benzene rings is 1. The molecule has 0 bridgehead atoms. The quantitative estimate of drug-likeness (QED) is 0.611. The van der Waals surface area contributed by atoms with Crippen LogP contribution in [-0.2, 0) is 5.41 Å². The van der Waals surface area contributed by atoms with Crippen LogP contribution in [0, 0.1) is 5.41 Å². The van der Waals surface area contributed by atoms with E-state index < -0.39 is 0 Å². The van der Waals surface area contributed by atoms with E-state index in [4.69, 9.17) is 5.41 Å². The Morgan fingerprint density at radius 3 is 2.18 bits per heavy atom. The van der Waals surface area contributed by atoms with Crippen LogP contribution >= 0.6 is 0 Å². The number of hydrogen-bond acceptors (Lipinski definition) is 1. The lowest BCUT2D eigenvalue weighted by molar-refractivity contribution is 0.300. The number of nitrogens with zero attached hydrogens (tertiary/aromatic N) is 1. The van der Waals surface area contributed by atoms with Crippen molar-refractivity contribution in [1.29, 1.82) is 5.41 Å². The molecule has 1 aromatic rings. The molecule has 1 aromatic carbocycles. The van der Waals surface area contributed by atoms with Crippen LogP contribution in [0.25, 0.3) is 0 Å². The predicted molar refractivity (Wildman–Crippen MR) is 70.5 cm³/mol. The van der Waals surface area contributed by atoms with Crippen LogP contribution < -0.4 is 0 Å². The molecule has 0 spiro atoms. The molecule has 0 unspecified atom stereocenters. The fourth-order valence-corrected chi connectivity index (χ4v) is 3.19. The van der Waals surface area contributed by atoms with Gasteiger partial charge in [0.15, 0.2) is 0 Å². The first-order valence-electron chi connectivity index (χ1n) is 6.72. The lowest BCUT2D eigenvalue weighted by atomic mass is 9.63. The fraction of sp³-hybridized carbons (Fsp3) is 0.533. The van der Waals surface area contributed by atoms with Gasteiger partial charge in [0.05, 0.1) is 5.41 Å². The van der Waals surface area contributed by atoms with Gasteiger partial charge in [0.1, 0.15) is 5.84 Å². The van der Waals surface area contributed by atoms with Gasteiger partial charge in [-0.25, -0.2) is 0 Å². The van der Waals surface area contributed by atoms with E-state index in [0.717, 1.165) is 31.8 Å². The Balaban J connectivity index is 1.89. The standard InChI is InChI=1S/C15H20N2/c16-14(17-11-4-5-12-17)15(9-6-10-15)13-7-2-1-3-8-13/h1-3,7-8,16H,4-6,9-12H2. The predicted octanol–water partition coefficient (Wildman–Crippen LogP) is 3.18. The van der Waals surface area contributed by atoms with E-state index in [1.807, 2.05) is 0 Å². The largest absolute Gasteiger partial charge is 0.360 e. The topological polar surface area (TPSA) is 27.1 Å². The third-order valence-corrected chi connectivity index (χ3v) is 4.41. The van der Waals surface area contributed by atoms with Crippen molar-refractivity contribution in [1.82, 2.24) is 4.90 Å². The molecule has 1 aliphatic carbocycles. The summed E-state index contributed by atoms with van der Waals surface area (Å²) in [6.45, 7) is 2.18. The molecule has 2 fully saturated rings. The van der Waals surface area contributed by atoms with Crippen LogP contribution in [0.4, 0.5) is 0 Å². The van der Waals surface area contributed by atoms with Crippen molar-refractivity contribution in [3.05, 3.63) is 35.9 Å². The van der Waals surface area contributed by atoms with Crippen LogP contribution in [-0.4, -0.2) is 23.8 Å². The number of likely N-dealkylation sites (tertiary alicyclic amines) is 1. The van der Waals surface area contributed by atoms with Gasteiger partial charge in [-0.15, -0.1) is 0 Å². The molecule has 0 amide bonds. The van der Waals surface area contributed by atoms with Crippen LogP contribution in [0.2, 0.25) is 0 Å². The highest BCUT2D eigenvalue weighted by Gasteiger charge is 2.45. The summed E-state index contributed by atoms with van der Waals surface area (Å²) in [5.41, 5.74) is 1.40. The average Bonchev–Trinajstić information content (AvgIpc) is 2.82. The minimum atomic E-state index is 0.0472. The van der Waals surface area contributed by atoms with Crippen LogP contribution in [0.15, 0.2) is 30.3 Å². The van der Waals surface area contributed by atoms with Gasteiger partial charge < -0.3 is 4.90 Å². The smallest absolute Gasteiger partial charge is 0.107 e. The zero-order valence-corrected chi connectivity index (χ0v) is 10.3. The van der Waals surface area contributed by atoms with Crippen molar-refractivity contribution in [2.24, 2.45) is 0 Å². The summed E-state index contributed by atoms with van der Waals surface area (Å²) in [7, 11) is 0. The fourth-order valence-electron chi connectivity index (χ4n) is 3.19. The molecule has 2 heteroatoms. The minimum absolute atomic E-state index is 0.0472. The van der Waals surface area contributed by atoms with Gasteiger partial charge >= 0.3 is 0 Å². The molecule has 1 saturated heterocycles. The Kier molecular flexibility index (Phi) is 2.65. The minimum Gasteiger partial charge on any atom is -0.360 e. The highest BCUT2D eigenvalue weighted by molar-refractivity contribution is 5.91. The number of amidine groups is 1. The molecule has 0 atom stereocenters. The van der Waals surface area contributed by atoms with Gasteiger partial charge in [0, 0.05) is 13.1 Å². The van der Waals surface area contributed by atoms with Crippen LogP contribution in [0.5, 0.6) is 0 Å². The number of hydrogen-bond donors (Lipinski definition) is 1. The third-order valence-electron chi connectivity index (χ3n) is 4.41. The van der Waals surface area contributed by atoms with Gasteiger partial charge in [0.2, 0.25) is 0 Å². The first-order chi connectivity index (χ1) is 8.33. The number of rotatable bonds is 2. The van der Waals surface area contributed by atoms with Gasteiger partial charge in [0.25, 0.3) is 0 Å². The van der Waals surface area contributed by atoms with E-state index in [9.17, 15) is 0 Å². The molecular formula is C15H20N2. The molecule has 0 radical (unpaired) electrons. The summed E-state index contributed by atoms with van der Waals surface area (Å²) in [6, 6.07) is 10.7. The molecule has 3 rings (SSSR count). The lowest BCUT2D eigenvalue weighted by Crippen LogP contribution is -2.49. The molecule has 1 heterocycles. The summed E-state index contributed by atoms with van der Waals surface area (Å²) < 4.78 is 0. The molecule has 1 saturated carbocycles. The zero-order valence-electron chi connectivity index (χ0n) is 10.3. The zero-order chi connectivity index (χ0) is 11.7. The van der Waals surface area contributed by atoms with E-state index in [-0.39, 0.29) is 5.41 Å². The Bertz CT molecular complexity index is 400. The van der Waals surface area contributed by atoms with Crippen molar-refractivity contribution >= 4 is 5.84 Å². The maximum absolute atomic E-state index is 8.55. The molecule has 2 aliphatic rings. The summed E-state index contributed by atoms with van der Waals surface area (Å²) in [5, 5.41) is 8.55. The summed E-state index contributed by atoms with van der Waals surface area (Å²) >= 11 is 0. The molecule has 1 N–H and O–H groups in total. The van der Waals surface area contributed by atoms with Crippen molar-refractivity contribution in [3.63, 3.8) is 0 Å². The average molecular weight is 228 g/mol. The highest BCUT2D eigenvalue weighted by atomic mass is 15.2. The third kappa shape index (κ3) is 1.67. The van der Waals surface area contributed by atoms with Crippen molar-refractivity contribution in [2.75, 3.05) is 13.1 Å². The second-order valence-corrected chi connectivity index (χ2v) is 5.34. The maximum atomic E-state index is 8.55. The molecule has 17 heavy (non-hydrogen) atoms. The molecule has 2 nitrogen and oxygen atoms in total. The second-order valence-electron chi connectivity index (χ2n) is 5.34. The lowest BCUT2D eigenvalue weighted by Gasteiger charge is -2.45. The van der Waals surface area contributed by atoms with Gasteiger partial charge in [-0.3, -0.25) is 5.41 Å². The number of nitrogens with one attached hydrogen (secondary N) is 1.